The fourth-order valence-corrected chi connectivity index (χ4v) is 4.65. The molecule has 4 rings (SSSR count). The molecular weight excluding hydrogens is 434 g/mol. The summed E-state index contributed by atoms with van der Waals surface area (Å²) < 4.78 is 18.1. The van der Waals surface area contributed by atoms with Gasteiger partial charge in [-0.2, -0.15) is 0 Å². The summed E-state index contributed by atoms with van der Waals surface area (Å²) in [4.78, 5) is 33.0. The van der Waals surface area contributed by atoms with Crippen LogP contribution in [-0.4, -0.2) is 54.0 Å². The topological polar surface area (TPSA) is 82.9 Å². The number of anilines is 1. The molecule has 8 nitrogen and oxygen atoms in total. The molecule has 1 aliphatic heterocycles. The summed E-state index contributed by atoms with van der Waals surface area (Å²) in [5.41, 5.74) is 2.46. The lowest BCUT2D eigenvalue weighted by atomic mass is 10.0. The van der Waals surface area contributed by atoms with Gasteiger partial charge in [-0.25, -0.2) is 19.1 Å². The first-order chi connectivity index (χ1) is 16.3. The summed E-state index contributed by atoms with van der Waals surface area (Å²) in [6, 6.07) is 5.95. The number of aromatic nitrogens is 2. The Bertz CT molecular complexity index is 1220. The minimum atomic E-state index is -0.669. The molecule has 0 aliphatic carbocycles. The van der Waals surface area contributed by atoms with E-state index in [1.54, 1.807) is 24.8 Å². The molecule has 0 N–H and O–H groups in total. The molecule has 0 radical (unpaired) electrons. The van der Waals surface area contributed by atoms with Crippen LogP contribution in [0.1, 0.15) is 63.0 Å². The highest BCUT2D eigenvalue weighted by molar-refractivity contribution is 6.19. The van der Waals surface area contributed by atoms with Crippen molar-refractivity contribution in [1.82, 2.24) is 9.55 Å². The maximum absolute atomic E-state index is 13.4. The number of esters is 1. The molecule has 3 aromatic rings. The number of nitrogens with zero attached hydrogens (tertiary/aromatic N) is 3. The number of hydrogen-bond acceptors (Lipinski definition) is 7. The van der Waals surface area contributed by atoms with Crippen molar-refractivity contribution in [3.05, 3.63) is 35.7 Å². The largest absolute Gasteiger partial charge is 0.461 e. The molecule has 3 heterocycles. The molecule has 34 heavy (non-hydrogen) atoms. The van der Waals surface area contributed by atoms with Crippen LogP contribution in [0.5, 0.6) is 0 Å². The average molecular weight is 468 g/mol. The van der Waals surface area contributed by atoms with Crippen molar-refractivity contribution in [2.24, 2.45) is 0 Å². The van der Waals surface area contributed by atoms with Crippen LogP contribution in [0.25, 0.3) is 21.8 Å². The van der Waals surface area contributed by atoms with Gasteiger partial charge in [0.05, 0.1) is 30.4 Å². The average Bonchev–Trinajstić information content (AvgIpc) is 3.14. The first-order valence-corrected chi connectivity index (χ1v) is 11.9. The van der Waals surface area contributed by atoms with Gasteiger partial charge in [-0.05, 0) is 59.1 Å². The molecule has 182 valence electrons. The zero-order valence-electron chi connectivity index (χ0n) is 20.6. The van der Waals surface area contributed by atoms with Crippen LogP contribution < -0.4 is 4.90 Å². The second-order valence-electron chi connectivity index (χ2n) is 9.53. The highest BCUT2D eigenvalue weighted by Crippen LogP contribution is 2.40. The Morgan fingerprint density at radius 3 is 2.44 bits per heavy atom. The summed E-state index contributed by atoms with van der Waals surface area (Å²) >= 11 is 0. The van der Waals surface area contributed by atoms with Gasteiger partial charge in [-0.1, -0.05) is 6.07 Å². The van der Waals surface area contributed by atoms with E-state index in [-0.39, 0.29) is 18.9 Å². The zero-order chi connectivity index (χ0) is 24.5. The Balaban J connectivity index is 2.08. The highest BCUT2D eigenvalue weighted by Gasteiger charge is 2.29. The van der Waals surface area contributed by atoms with Crippen molar-refractivity contribution >= 4 is 39.6 Å². The van der Waals surface area contributed by atoms with Gasteiger partial charge in [-0.3, -0.25) is 0 Å². The lowest BCUT2D eigenvalue weighted by Gasteiger charge is -2.29. The summed E-state index contributed by atoms with van der Waals surface area (Å²) in [5, 5.41) is 1.66. The number of carbonyl (C=O) groups is 2. The number of piperidine rings is 1. The van der Waals surface area contributed by atoms with E-state index >= 15 is 0 Å². The maximum atomic E-state index is 13.4. The van der Waals surface area contributed by atoms with Crippen LogP contribution in [0, 0.1) is 0 Å². The van der Waals surface area contributed by atoms with Crippen molar-refractivity contribution in [2.45, 2.75) is 59.2 Å². The normalized spacial score (nSPS) is 14.6. The van der Waals surface area contributed by atoms with Crippen molar-refractivity contribution in [2.75, 3.05) is 31.7 Å². The lowest BCUT2D eigenvalue weighted by molar-refractivity contribution is 0.0513. The Morgan fingerprint density at radius 1 is 1.06 bits per heavy atom. The minimum absolute atomic E-state index is 0.153. The van der Waals surface area contributed by atoms with E-state index < -0.39 is 17.7 Å². The molecule has 0 unspecified atom stereocenters. The molecule has 1 aliphatic rings. The smallest absolute Gasteiger partial charge is 0.419 e. The quantitative estimate of drug-likeness (QED) is 0.472. The van der Waals surface area contributed by atoms with Gasteiger partial charge in [-0.15, -0.1) is 0 Å². The van der Waals surface area contributed by atoms with Crippen LogP contribution in [-0.2, 0) is 20.8 Å². The number of carbonyl (C=O) groups excluding carboxylic acids is 2. The zero-order valence-corrected chi connectivity index (χ0v) is 20.6. The van der Waals surface area contributed by atoms with E-state index in [1.807, 2.05) is 32.9 Å². The summed E-state index contributed by atoms with van der Waals surface area (Å²) in [7, 11) is 1.58. The van der Waals surface area contributed by atoms with Gasteiger partial charge in [0.2, 0.25) is 0 Å². The van der Waals surface area contributed by atoms with Gasteiger partial charge in [0, 0.05) is 42.2 Å². The summed E-state index contributed by atoms with van der Waals surface area (Å²) in [6.07, 6.45) is 4.50. The number of rotatable bonds is 5. The molecule has 0 atom stereocenters. The second-order valence-corrected chi connectivity index (χ2v) is 9.53. The fourth-order valence-electron chi connectivity index (χ4n) is 4.65. The first-order valence-electron chi connectivity index (χ1n) is 11.9. The number of pyridine rings is 1. The van der Waals surface area contributed by atoms with Crippen LogP contribution in [0.15, 0.2) is 24.4 Å². The van der Waals surface area contributed by atoms with Crippen LogP contribution in [0.3, 0.4) is 0 Å². The maximum Gasteiger partial charge on any atom is 0.419 e. The molecule has 1 fully saturated rings. The Kier molecular flexibility index (Phi) is 6.79. The third-order valence-corrected chi connectivity index (χ3v) is 5.94. The number of methoxy groups -OCH3 is 1. The number of benzene rings is 1. The lowest BCUT2D eigenvalue weighted by Crippen LogP contribution is -2.29. The monoisotopic (exact) mass is 467 g/mol. The van der Waals surface area contributed by atoms with E-state index in [2.05, 4.69) is 16.0 Å². The molecular formula is C26H33N3O5. The molecule has 1 aromatic carbocycles. The molecule has 0 amide bonds. The van der Waals surface area contributed by atoms with Crippen molar-refractivity contribution in [3.8, 4) is 0 Å². The number of ether oxygens (including phenoxy) is 3. The SMILES string of the molecule is CCOC(=O)c1ncc2c(c1COC)c1c(N3CCCCC3)cccc1n2C(=O)OC(C)(C)C. The molecule has 0 bridgehead atoms. The Labute approximate surface area is 199 Å². The van der Waals surface area contributed by atoms with E-state index in [1.165, 1.54) is 6.42 Å². The molecule has 2 aromatic heterocycles. The van der Waals surface area contributed by atoms with E-state index in [9.17, 15) is 9.59 Å². The number of hydrogen-bond donors (Lipinski definition) is 0. The van der Waals surface area contributed by atoms with E-state index in [0.717, 1.165) is 42.4 Å². The third-order valence-electron chi connectivity index (χ3n) is 5.94. The number of fused-ring (bicyclic) bond motifs is 3. The van der Waals surface area contributed by atoms with Crippen LogP contribution >= 0.6 is 0 Å². The van der Waals surface area contributed by atoms with Crippen molar-refractivity contribution in [1.29, 1.82) is 0 Å². The highest BCUT2D eigenvalue weighted by atomic mass is 16.6. The van der Waals surface area contributed by atoms with Gasteiger partial charge in [0.25, 0.3) is 0 Å². The predicted octanol–water partition coefficient (Wildman–Crippen LogP) is 5.29. The van der Waals surface area contributed by atoms with Gasteiger partial charge < -0.3 is 19.1 Å². The second kappa shape index (κ2) is 9.62. The fraction of sp³-hybridized carbons (Fsp3) is 0.500. The first kappa shape index (κ1) is 24.0. The Morgan fingerprint density at radius 2 is 1.79 bits per heavy atom. The standard InChI is InChI=1S/C26H33N3O5/c1-6-33-24(30)23-17(16-32-5)21-20(15-27-23)29(25(31)34-26(2,3)4)19-12-10-11-18(22(19)21)28-13-8-7-9-14-28/h10-12,15H,6-9,13-14,16H2,1-5H3. The van der Waals surface area contributed by atoms with Crippen molar-refractivity contribution < 1.29 is 23.8 Å². The summed E-state index contributed by atoms with van der Waals surface area (Å²) in [5.74, 6) is -0.509. The predicted molar refractivity (Wildman–Crippen MR) is 132 cm³/mol. The van der Waals surface area contributed by atoms with Crippen LogP contribution in [0.4, 0.5) is 10.5 Å². The summed E-state index contributed by atoms with van der Waals surface area (Å²) in [6.45, 7) is 9.54. The van der Waals surface area contributed by atoms with Gasteiger partial charge >= 0.3 is 12.1 Å². The Hall–Kier alpha value is -3.13. The van der Waals surface area contributed by atoms with E-state index in [0.29, 0.717) is 16.6 Å². The molecule has 8 heteroatoms. The van der Waals surface area contributed by atoms with Gasteiger partial charge in [0.1, 0.15) is 5.60 Å². The van der Waals surface area contributed by atoms with Gasteiger partial charge in [0.15, 0.2) is 5.69 Å². The van der Waals surface area contributed by atoms with E-state index in [4.69, 9.17) is 14.2 Å². The molecule has 1 saturated heterocycles. The van der Waals surface area contributed by atoms with Crippen LogP contribution in [0.2, 0.25) is 0 Å². The third kappa shape index (κ3) is 4.46. The molecule has 0 spiro atoms. The molecule has 0 saturated carbocycles. The minimum Gasteiger partial charge on any atom is -0.461 e. The van der Waals surface area contributed by atoms with Crippen molar-refractivity contribution in [3.63, 3.8) is 0 Å².